The van der Waals surface area contributed by atoms with Crippen LogP contribution in [0.3, 0.4) is 0 Å². The molecular formula is C14H16N2O3S2. The first-order chi connectivity index (χ1) is 10.2. The van der Waals surface area contributed by atoms with Crippen LogP contribution in [0.5, 0.6) is 5.75 Å². The number of methoxy groups -OCH3 is 1. The molecule has 1 heterocycles. The molecule has 0 radical (unpaired) electrons. The van der Waals surface area contributed by atoms with Gasteiger partial charge < -0.3 is 9.47 Å². The Labute approximate surface area is 133 Å². The Bertz CT molecular complexity index is 580. The average molecular weight is 324 g/mol. The maximum absolute atomic E-state index is 12.5. The summed E-state index contributed by atoms with van der Waals surface area (Å²) in [6, 6.07) is 3.50. The lowest BCUT2D eigenvalue weighted by Crippen LogP contribution is -2.32. The summed E-state index contributed by atoms with van der Waals surface area (Å²) >= 11 is 5.80. The van der Waals surface area contributed by atoms with Crippen molar-refractivity contribution in [1.82, 2.24) is 4.31 Å². The molecule has 0 N–H and O–H groups in total. The number of nitrogens with zero attached hydrogens (tertiary/aromatic N) is 2. The molecule has 2 rings (SSSR count). The number of rotatable bonds is 4. The molecule has 112 valence electrons. The predicted molar refractivity (Wildman–Crippen MR) is 86.7 cm³/mol. The minimum Gasteiger partial charge on any atom is -0.496 e. The highest BCUT2D eigenvalue weighted by Gasteiger charge is 2.21. The molecule has 1 aliphatic heterocycles. The SMILES string of the molecule is COc1c(C)cc(N=C=S)cc1C(=O)SN1CCOCC1. The minimum atomic E-state index is -0.0710. The summed E-state index contributed by atoms with van der Waals surface area (Å²) in [4.78, 5) is 16.5. The van der Waals surface area contributed by atoms with E-state index >= 15 is 0 Å². The molecule has 1 aromatic rings. The fourth-order valence-corrected chi connectivity index (χ4v) is 3.02. The Kier molecular flexibility index (Phi) is 5.90. The van der Waals surface area contributed by atoms with E-state index in [-0.39, 0.29) is 5.12 Å². The Morgan fingerprint density at radius 1 is 1.48 bits per heavy atom. The van der Waals surface area contributed by atoms with Crippen molar-refractivity contribution < 1.29 is 14.3 Å². The summed E-state index contributed by atoms with van der Waals surface area (Å²) in [6.07, 6.45) is 0. The van der Waals surface area contributed by atoms with Gasteiger partial charge in [0.1, 0.15) is 5.75 Å². The van der Waals surface area contributed by atoms with Crippen molar-refractivity contribution in [2.75, 3.05) is 33.4 Å². The van der Waals surface area contributed by atoms with Crippen molar-refractivity contribution in [1.29, 1.82) is 0 Å². The molecule has 0 atom stereocenters. The second-order valence-electron chi connectivity index (χ2n) is 4.47. The third-order valence-corrected chi connectivity index (χ3v) is 4.14. The third-order valence-electron chi connectivity index (χ3n) is 3.04. The van der Waals surface area contributed by atoms with Gasteiger partial charge in [0, 0.05) is 25.0 Å². The summed E-state index contributed by atoms with van der Waals surface area (Å²) in [6.45, 7) is 4.62. The van der Waals surface area contributed by atoms with Crippen molar-refractivity contribution in [3.63, 3.8) is 0 Å². The van der Waals surface area contributed by atoms with Crippen LogP contribution < -0.4 is 4.74 Å². The van der Waals surface area contributed by atoms with E-state index in [0.29, 0.717) is 30.2 Å². The molecule has 1 saturated heterocycles. The summed E-state index contributed by atoms with van der Waals surface area (Å²) < 4.78 is 12.6. The van der Waals surface area contributed by atoms with Gasteiger partial charge in [-0.25, -0.2) is 4.31 Å². The zero-order valence-electron chi connectivity index (χ0n) is 11.9. The van der Waals surface area contributed by atoms with Gasteiger partial charge in [-0.2, -0.15) is 4.99 Å². The molecule has 1 fully saturated rings. The molecule has 0 saturated carbocycles. The van der Waals surface area contributed by atoms with E-state index in [4.69, 9.17) is 9.47 Å². The van der Waals surface area contributed by atoms with Crippen LogP contribution in [0.15, 0.2) is 17.1 Å². The molecule has 0 unspecified atom stereocenters. The molecule has 0 aliphatic carbocycles. The number of morpholine rings is 1. The summed E-state index contributed by atoms with van der Waals surface area (Å²) in [5, 5.41) is 2.25. The molecule has 5 nitrogen and oxygen atoms in total. The number of thiocarbonyl (C=S) groups is 1. The minimum absolute atomic E-state index is 0.0710. The first-order valence-electron chi connectivity index (χ1n) is 6.47. The zero-order valence-corrected chi connectivity index (χ0v) is 13.6. The van der Waals surface area contributed by atoms with Gasteiger partial charge in [-0.1, -0.05) is 0 Å². The highest BCUT2D eigenvalue weighted by Crippen LogP contribution is 2.32. The second kappa shape index (κ2) is 7.68. The van der Waals surface area contributed by atoms with Crippen LogP contribution in [0.4, 0.5) is 5.69 Å². The predicted octanol–water partition coefficient (Wildman–Crippen LogP) is 2.86. The van der Waals surface area contributed by atoms with Crippen LogP contribution in [0.25, 0.3) is 0 Å². The normalized spacial score (nSPS) is 15.3. The van der Waals surface area contributed by atoms with E-state index in [1.165, 1.54) is 11.9 Å². The second-order valence-corrected chi connectivity index (χ2v) is 5.72. The first kappa shape index (κ1) is 16.1. The number of carbonyl (C=O) groups excluding carboxylic acids is 1. The van der Waals surface area contributed by atoms with Gasteiger partial charge in [-0.3, -0.25) is 4.79 Å². The van der Waals surface area contributed by atoms with Gasteiger partial charge in [-0.05, 0) is 36.8 Å². The summed E-state index contributed by atoms with van der Waals surface area (Å²) in [7, 11) is 1.56. The van der Waals surface area contributed by atoms with Crippen LogP contribution in [0.1, 0.15) is 15.9 Å². The number of carbonyl (C=O) groups is 1. The van der Waals surface area contributed by atoms with Crippen molar-refractivity contribution in [2.24, 2.45) is 4.99 Å². The van der Waals surface area contributed by atoms with Crippen LogP contribution >= 0.6 is 24.2 Å². The standard InChI is InChI=1S/C14H16N2O3S2/c1-10-7-11(15-9-20)8-12(13(10)18-2)14(17)21-16-3-5-19-6-4-16/h7-8H,3-6H2,1-2H3. The van der Waals surface area contributed by atoms with E-state index in [1.54, 1.807) is 13.2 Å². The van der Waals surface area contributed by atoms with Crippen LogP contribution in [-0.4, -0.2) is 48.0 Å². The van der Waals surface area contributed by atoms with E-state index in [1.807, 2.05) is 17.3 Å². The van der Waals surface area contributed by atoms with Gasteiger partial charge in [0.05, 0.1) is 36.7 Å². The maximum atomic E-state index is 12.5. The lowest BCUT2D eigenvalue weighted by atomic mass is 10.1. The number of aryl methyl sites for hydroxylation is 1. The highest BCUT2D eigenvalue weighted by molar-refractivity contribution is 8.12. The van der Waals surface area contributed by atoms with E-state index in [2.05, 4.69) is 22.4 Å². The number of isothiocyanates is 1. The van der Waals surface area contributed by atoms with Crippen LogP contribution in [0, 0.1) is 6.92 Å². The molecule has 0 bridgehead atoms. The number of benzene rings is 1. The smallest absolute Gasteiger partial charge is 0.238 e. The topological polar surface area (TPSA) is 51.1 Å². The Balaban J connectivity index is 2.27. The average Bonchev–Trinajstić information content (AvgIpc) is 2.48. The lowest BCUT2D eigenvalue weighted by molar-refractivity contribution is 0.0765. The number of aliphatic imine (C=N–C) groups is 1. The van der Waals surface area contributed by atoms with Gasteiger partial charge in [0.25, 0.3) is 0 Å². The molecule has 21 heavy (non-hydrogen) atoms. The quantitative estimate of drug-likeness (QED) is 0.482. The maximum Gasteiger partial charge on any atom is 0.238 e. The lowest BCUT2D eigenvalue weighted by Gasteiger charge is -2.24. The molecule has 0 amide bonds. The molecular weight excluding hydrogens is 308 g/mol. The van der Waals surface area contributed by atoms with Gasteiger partial charge in [-0.15, -0.1) is 0 Å². The van der Waals surface area contributed by atoms with Gasteiger partial charge in [0.2, 0.25) is 5.12 Å². The van der Waals surface area contributed by atoms with E-state index < -0.39 is 0 Å². The van der Waals surface area contributed by atoms with Gasteiger partial charge >= 0.3 is 0 Å². The fraction of sp³-hybridized carbons (Fsp3) is 0.429. The van der Waals surface area contributed by atoms with Crippen molar-refractivity contribution >= 4 is 40.1 Å². The molecule has 7 heteroatoms. The van der Waals surface area contributed by atoms with Crippen molar-refractivity contribution in [3.05, 3.63) is 23.3 Å². The molecule has 1 aliphatic rings. The highest BCUT2D eigenvalue weighted by atomic mass is 32.2. The fourth-order valence-electron chi connectivity index (χ4n) is 2.10. The number of hydrogen-bond donors (Lipinski definition) is 0. The van der Waals surface area contributed by atoms with E-state index in [9.17, 15) is 4.79 Å². The van der Waals surface area contributed by atoms with Crippen molar-refractivity contribution in [2.45, 2.75) is 6.92 Å². The molecule has 0 aromatic heterocycles. The summed E-state index contributed by atoms with van der Waals surface area (Å²) in [5.74, 6) is 0.573. The Morgan fingerprint density at radius 3 is 2.81 bits per heavy atom. The largest absolute Gasteiger partial charge is 0.496 e. The Morgan fingerprint density at radius 2 is 2.19 bits per heavy atom. The zero-order chi connectivity index (χ0) is 15.2. The number of ether oxygens (including phenoxy) is 2. The Hall–Kier alpha value is -1.24. The number of hydrogen-bond acceptors (Lipinski definition) is 7. The monoisotopic (exact) mass is 324 g/mol. The van der Waals surface area contributed by atoms with Crippen molar-refractivity contribution in [3.8, 4) is 5.75 Å². The third kappa shape index (κ3) is 4.12. The van der Waals surface area contributed by atoms with Crippen LogP contribution in [0.2, 0.25) is 0 Å². The summed E-state index contributed by atoms with van der Waals surface area (Å²) in [5.41, 5.74) is 1.95. The molecule has 1 aromatic carbocycles. The van der Waals surface area contributed by atoms with Gasteiger partial charge in [0.15, 0.2) is 0 Å². The first-order valence-corrected chi connectivity index (χ1v) is 7.65. The van der Waals surface area contributed by atoms with E-state index in [0.717, 1.165) is 18.7 Å². The van der Waals surface area contributed by atoms with Crippen LogP contribution in [-0.2, 0) is 4.74 Å². The molecule has 0 spiro atoms.